The Kier molecular flexibility index (Phi) is 7.15. The Hall–Kier alpha value is -3.80. The molecule has 0 radical (unpaired) electrons. The number of rotatable bonds is 9. The first-order chi connectivity index (χ1) is 15.3. The number of benzene rings is 1. The second kappa shape index (κ2) is 10.0. The first-order valence-electron chi connectivity index (χ1n) is 9.53. The van der Waals surface area contributed by atoms with Gasteiger partial charge in [0.25, 0.3) is 5.91 Å². The summed E-state index contributed by atoms with van der Waals surface area (Å²) in [5.41, 5.74) is 5.47. The third kappa shape index (κ3) is 5.09. The summed E-state index contributed by atoms with van der Waals surface area (Å²) in [6, 6.07) is 9.31. The fourth-order valence-corrected chi connectivity index (χ4v) is 3.67. The van der Waals surface area contributed by atoms with Gasteiger partial charge in [0.2, 0.25) is 11.8 Å². The van der Waals surface area contributed by atoms with E-state index in [-0.39, 0.29) is 41.7 Å². The zero-order valence-electron chi connectivity index (χ0n) is 17.3. The quantitative estimate of drug-likeness (QED) is 0.320. The number of hydrogen-bond donors (Lipinski definition) is 3. The Morgan fingerprint density at radius 3 is 2.62 bits per heavy atom. The molecule has 3 aromatic rings. The minimum atomic E-state index is -0.947. The minimum absolute atomic E-state index is 0.0872. The van der Waals surface area contributed by atoms with Crippen molar-refractivity contribution in [2.24, 2.45) is 5.73 Å². The van der Waals surface area contributed by atoms with E-state index >= 15 is 0 Å². The van der Waals surface area contributed by atoms with Gasteiger partial charge >= 0.3 is 11.7 Å². The molecule has 2 heterocycles. The van der Waals surface area contributed by atoms with Gasteiger partial charge in [-0.25, -0.2) is 14.7 Å². The maximum atomic E-state index is 12.5. The number of aromatic amines is 1. The molecule has 2 amide bonds. The van der Waals surface area contributed by atoms with E-state index in [0.29, 0.717) is 5.16 Å². The van der Waals surface area contributed by atoms with Crippen LogP contribution < -0.4 is 16.7 Å². The average Bonchev–Trinajstić information content (AvgIpc) is 3.26. The Morgan fingerprint density at radius 2 is 1.97 bits per heavy atom. The highest BCUT2D eigenvalue weighted by atomic mass is 32.2. The maximum Gasteiger partial charge on any atom is 0.344 e. The molecule has 12 heteroatoms. The van der Waals surface area contributed by atoms with E-state index in [4.69, 9.17) is 14.9 Å². The lowest BCUT2D eigenvalue weighted by Crippen LogP contribution is -2.21. The number of aryl methyl sites for hydroxylation is 1. The van der Waals surface area contributed by atoms with Crippen LogP contribution in [0.5, 0.6) is 0 Å². The zero-order valence-corrected chi connectivity index (χ0v) is 18.2. The molecule has 4 N–H and O–H groups in total. The smallest absolute Gasteiger partial charge is 0.344 e. The van der Waals surface area contributed by atoms with E-state index in [2.05, 4.69) is 15.5 Å². The van der Waals surface area contributed by atoms with Crippen LogP contribution in [0.25, 0.3) is 0 Å². The largest absolute Gasteiger partial charge is 0.462 e. The van der Waals surface area contributed by atoms with Gasteiger partial charge in [0.05, 0.1) is 18.9 Å². The summed E-state index contributed by atoms with van der Waals surface area (Å²) >= 11 is 1.01. The van der Waals surface area contributed by atoms with Crippen LogP contribution in [0.15, 0.2) is 44.7 Å². The first kappa shape index (κ1) is 22.9. The van der Waals surface area contributed by atoms with Crippen LogP contribution in [0.2, 0.25) is 0 Å². The molecule has 0 atom stereocenters. The van der Waals surface area contributed by atoms with E-state index in [1.807, 2.05) is 30.3 Å². The Balaban J connectivity index is 1.73. The van der Waals surface area contributed by atoms with Crippen molar-refractivity contribution in [3.8, 4) is 0 Å². The highest BCUT2D eigenvalue weighted by Gasteiger charge is 2.29. The predicted octanol–water partition coefficient (Wildman–Crippen LogP) is 1.53. The maximum absolute atomic E-state index is 12.5. The van der Waals surface area contributed by atoms with Crippen LogP contribution in [0, 0.1) is 6.92 Å². The number of H-pyrrole nitrogens is 1. The number of hydrogen-bond acceptors (Lipinski definition) is 8. The van der Waals surface area contributed by atoms with Crippen LogP contribution in [-0.2, 0) is 16.1 Å². The summed E-state index contributed by atoms with van der Waals surface area (Å²) in [6.07, 6.45) is 0. The second-order valence-corrected chi connectivity index (χ2v) is 7.48. The van der Waals surface area contributed by atoms with Gasteiger partial charge in [-0.05, 0) is 19.4 Å². The van der Waals surface area contributed by atoms with Crippen molar-refractivity contribution in [3.63, 3.8) is 0 Å². The third-order valence-corrected chi connectivity index (χ3v) is 5.28. The van der Waals surface area contributed by atoms with Gasteiger partial charge in [-0.3, -0.25) is 19.5 Å². The van der Waals surface area contributed by atoms with Crippen LogP contribution in [0.3, 0.4) is 0 Å². The molecule has 0 fully saturated rings. The number of nitrogens with zero attached hydrogens (tertiary/aromatic N) is 2. The number of ether oxygens (including phenoxy) is 1. The van der Waals surface area contributed by atoms with Crippen molar-refractivity contribution in [2.75, 3.05) is 17.7 Å². The molecule has 0 unspecified atom stereocenters. The molecule has 0 bridgehead atoms. The highest BCUT2D eigenvalue weighted by molar-refractivity contribution is 7.99. The number of thioether (sulfide) groups is 1. The Morgan fingerprint density at radius 1 is 1.25 bits per heavy atom. The van der Waals surface area contributed by atoms with E-state index in [9.17, 15) is 19.2 Å². The van der Waals surface area contributed by atoms with Crippen molar-refractivity contribution in [2.45, 2.75) is 25.5 Å². The van der Waals surface area contributed by atoms with Gasteiger partial charge in [0.1, 0.15) is 16.9 Å². The van der Waals surface area contributed by atoms with Gasteiger partial charge in [0, 0.05) is 0 Å². The van der Waals surface area contributed by atoms with Gasteiger partial charge < -0.3 is 14.9 Å². The standard InChI is InChI=1S/C20H21N5O6S/c1-3-30-18(28)14-11(2)31-17(15(14)16(21)27)22-13(26)10-32-20-24-23-19(29)25(20)9-12-7-5-4-6-8-12/h4-8H,3,9-10H2,1-2H3,(H2,21,27)(H,22,26)(H,23,29). The van der Waals surface area contributed by atoms with Crippen molar-refractivity contribution >= 4 is 35.4 Å². The van der Waals surface area contributed by atoms with Gasteiger partial charge in [-0.1, -0.05) is 42.1 Å². The lowest BCUT2D eigenvalue weighted by molar-refractivity contribution is -0.113. The second-order valence-electron chi connectivity index (χ2n) is 6.54. The number of anilines is 1. The predicted molar refractivity (Wildman–Crippen MR) is 116 cm³/mol. The number of aromatic nitrogens is 3. The molecule has 11 nitrogen and oxygen atoms in total. The number of nitrogens with one attached hydrogen (secondary N) is 2. The first-order valence-corrected chi connectivity index (χ1v) is 10.5. The van der Waals surface area contributed by atoms with Crippen molar-refractivity contribution in [1.29, 1.82) is 0 Å². The number of carbonyl (C=O) groups excluding carboxylic acids is 3. The molecule has 3 rings (SSSR count). The topological polar surface area (TPSA) is 162 Å². The molecule has 0 aliphatic rings. The fraction of sp³-hybridized carbons (Fsp3) is 0.250. The van der Waals surface area contributed by atoms with E-state index in [0.717, 1.165) is 17.3 Å². The van der Waals surface area contributed by atoms with E-state index < -0.39 is 23.5 Å². The normalized spacial score (nSPS) is 10.7. The highest BCUT2D eigenvalue weighted by Crippen LogP contribution is 2.28. The third-order valence-electron chi connectivity index (χ3n) is 4.30. The Labute approximate surface area is 186 Å². The molecule has 168 valence electrons. The molecule has 0 saturated heterocycles. The number of nitrogens with two attached hydrogens (primary N) is 1. The van der Waals surface area contributed by atoms with Crippen molar-refractivity contribution in [3.05, 3.63) is 63.3 Å². The van der Waals surface area contributed by atoms with Crippen molar-refractivity contribution in [1.82, 2.24) is 14.8 Å². The van der Waals surface area contributed by atoms with Crippen LogP contribution in [-0.4, -0.2) is 44.9 Å². The van der Waals surface area contributed by atoms with Crippen LogP contribution in [0.4, 0.5) is 5.88 Å². The van der Waals surface area contributed by atoms with Crippen LogP contribution in [0.1, 0.15) is 39.0 Å². The summed E-state index contributed by atoms with van der Waals surface area (Å²) in [5, 5.41) is 9.06. The van der Waals surface area contributed by atoms with Gasteiger partial charge in [0.15, 0.2) is 5.16 Å². The van der Waals surface area contributed by atoms with Gasteiger partial charge in [-0.15, -0.1) is 5.10 Å². The van der Waals surface area contributed by atoms with E-state index in [1.165, 1.54) is 11.5 Å². The monoisotopic (exact) mass is 459 g/mol. The lowest BCUT2D eigenvalue weighted by Gasteiger charge is -2.06. The molecule has 1 aromatic carbocycles. The summed E-state index contributed by atoms with van der Waals surface area (Å²) in [6.45, 7) is 3.44. The van der Waals surface area contributed by atoms with E-state index in [1.54, 1.807) is 6.92 Å². The number of amides is 2. The molecular formula is C20H21N5O6S. The molecule has 0 aliphatic carbocycles. The molecule has 0 aliphatic heterocycles. The van der Waals surface area contributed by atoms with Crippen LogP contribution >= 0.6 is 11.8 Å². The molecule has 32 heavy (non-hydrogen) atoms. The molecular weight excluding hydrogens is 438 g/mol. The molecule has 0 saturated carbocycles. The van der Waals surface area contributed by atoms with Crippen molar-refractivity contribution < 1.29 is 23.5 Å². The lowest BCUT2D eigenvalue weighted by atomic mass is 10.1. The number of esters is 1. The number of primary amides is 1. The van der Waals surface area contributed by atoms with Gasteiger partial charge in [-0.2, -0.15) is 0 Å². The average molecular weight is 459 g/mol. The summed E-state index contributed by atoms with van der Waals surface area (Å²) in [5.74, 6) is -2.58. The minimum Gasteiger partial charge on any atom is -0.462 e. The summed E-state index contributed by atoms with van der Waals surface area (Å²) < 4.78 is 11.7. The molecule has 0 spiro atoms. The molecule has 2 aromatic heterocycles. The summed E-state index contributed by atoms with van der Waals surface area (Å²) in [7, 11) is 0. The number of furan rings is 1. The number of carbonyl (C=O) groups is 3. The fourth-order valence-electron chi connectivity index (χ4n) is 2.93. The Bertz CT molecular complexity index is 1200. The summed E-state index contributed by atoms with van der Waals surface area (Å²) in [4.78, 5) is 48.6. The zero-order chi connectivity index (χ0) is 23.3. The SMILES string of the molecule is CCOC(=O)c1c(C)oc(NC(=O)CSc2n[nH]c(=O)n2Cc2ccccc2)c1C(N)=O.